The summed E-state index contributed by atoms with van der Waals surface area (Å²) < 4.78 is 32.8. The molecule has 5 rings (SSSR count). The Morgan fingerprint density at radius 2 is 0.971 bits per heavy atom. The summed E-state index contributed by atoms with van der Waals surface area (Å²) >= 11 is 0. The lowest BCUT2D eigenvalue weighted by molar-refractivity contribution is 0.0579. The second-order valence-electron chi connectivity index (χ2n) is 20.8. The van der Waals surface area contributed by atoms with Crippen molar-refractivity contribution >= 4 is 17.7 Å². The van der Waals surface area contributed by atoms with Crippen LogP contribution in [0.25, 0.3) is 6.08 Å². The molecule has 384 valence electrons. The van der Waals surface area contributed by atoms with Crippen molar-refractivity contribution < 1.29 is 28.5 Å². The predicted molar refractivity (Wildman–Crippen MR) is 290 cm³/mol. The minimum Gasteiger partial charge on any atom is -0.490 e. The van der Waals surface area contributed by atoms with E-state index in [1.165, 1.54) is 160 Å². The largest absolute Gasteiger partial charge is 0.490 e. The summed E-state index contributed by atoms with van der Waals surface area (Å²) in [6.07, 6.45) is 42.0. The van der Waals surface area contributed by atoms with Crippen LogP contribution in [0.15, 0.2) is 60.7 Å². The topological polar surface area (TPSA) is 66.5 Å². The van der Waals surface area contributed by atoms with Crippen molar-refractivity contribution in [3.05, 3.63) is 77.4 Å². The zero-order chi connectivity index (χ0) is 49.0. The Kier molecular flexibility index (Phi) is 25.3. The third kappa shape index (κ3) is 17.3. The molecule has 0 N–H and O–H groups in total. The van der Waals surface area contributed by atoms with Crippen molar-refractivity contribution in [2.24, 2.45) is 0 Å². The molecule has 0 bridgehead atoms. The first-order chi connectivity index (χ1) is 33.8. The molecule has 2 aliphatic rings. The number of carbonyl (C=O) groups is 1. The Balaban J connectivity index is 1.27. The van der Waals surface area contributed by atoms with Gasteiger partial charge in [-0.15, -0.1) is 0 Å². The van der Waals surface area contributed by atoms with Gasteiger partial charge in [0.25, 0.3) is 0 Å². The second kappa shape index (κ2) is 31.3. The first-order valence-corrected chi connectivity index (χ1v) is 28.4. The summed E-state index contributed by atoms with van der Waals surface area (Å²) in [5, 5.41) is 0. The summed E-state index contributed by atoms with van der Waals surface area (Å²) in [5.74, 6) is 2.46. The van der Waals surface area contributed by atoms with Crippen molar-refractivity contribution in [1.82, 2.24) is 0 Å². The summed E-state index contributed by atoms with van der Waals surface area (Å²) in [6.45, 7) is 13.0. The Labute approximate surface area is 420 Å². The highest BCUT2D eigenvalue weighted by Gasteiger charge is 2.57. The van der Waals surface area contributed by atoms with Crippen molar-refractivity contribution in [1.29, 1.82) is 0 Å². The molecular formula is C62H95NO6. The number of ether oxygens (including phenoxy) is 5. The van der Waals surface area contributed by atoms with E-state index in [2.05, 4.69) is 83.0 Å². The summed E-state index contributed by atoms with van der Waals surface area (Å²) in [4.78, 5) is 16.4. The lowest BCUT2D eigenvalue weighted by atomic mass is 9.76. The monoisotopic (exact) mass is 950 g/mol. The van der Waals surface area contributed by atoms with E-state index in [0.29, 0.717) is 48.4 Å². The summed E-state index contributed by atoms with van der Waals surface area (Å²) in [6, 6.07) is 17.8. The molecule has 0 fully saturated rings. The standard InChI is InChI=1S/C62H95NO6/c1-7-10-13-16-19-22-25-28-31-36-45-65-57-49-52(60(64)68-53-41-42-56-51(48-53)43-44-62(69-56)61(4,5)54-39-34-35-40-55(54)63(62)6)50-58(66-46-37-32-29-26-23-20-17-14-11-8-2)59(57)67-47-38-33-30-27-24-21-18-15-12-9-3/h34-35,39-44,48-50H,7-33,36-38,45-47H2,1-6H3. The number of esters is 1. The van der Waals surface area contributed by atoms with Gasteiger partial charge in [0, 0.05) is 18.3 Å². The smallest absolute Gasteiger partial charge is 0.343 e. The van der Waals surface area contributed by atoms with Gasteiger partial charge in [-0.3, -0.25) is 0 Å². The molecule has 0 saturated heterocycles. The molecule has 3 aromatic carbocycles. The van der Waals surface area contributed by atoms with Crippen molar-refractivity contribution in [3.63, 3.8) is 0 Å². The number of rotatable bonds is 38. The van der Waals surface area contributed by atoms with Gasteiger partial charge in [0.15, 0.2) is 11.5 Å². The fraction of sp³-hybridized carbons (Fsp3) is 0.661. The molecule has 2 heterocycles. The van der Waals surface area contributed by atoms with Crippen LogP contribution in [-0.2, 0) is 5.41 Å². The van der Waals surface area contributed by atoms with Crippen LogP contribution < -0.4 is 28.6 Å². The maximum Gasteiger partial charge on any atom is 0.343 e. The van der Waals surface area contributed by atoms with Crippen molar-refractivity contribution in [3.8, 4) is 28.7 Å². The quantitative estimate of drug-likeness (QED) is 0.0322. The van der Waals surface area contributed by atoms with Crippen LogP contribution in [-0.4, -0.2) is 38.6 Å². The van der Waals surface area contributed by atoms with Gasteiger partial charge in [-0.05, 0) is 87.2 Å². The average molecular weight is 950 g/mol. The van der Waals surface area contributed by atoms with Crippen LogP contribution >= 0.6 is 0 Å². The number of fused-ring (bicyclic) bond motifs is 2. The molecule has 0 saturated carbocycles. The van der Waals surface area contributed by atoms with E-state index in [0.717, 1.165) is 55.5 Å². The van der Waals surface area contributed by atoms with Crippen LogP contribution in [0.5, 0.6) is 28.7 Å². The Morgan fingerprint density at radius 1 is 0.536 bits per heavy atom. The number of nitrogens with zero attached hydrogens (tertiary/aromatic N) is 1. The molecule has 0 aliphatic carbocycles. The number of hydrogen-bond donors (Lipinski definition) is 0. The molecular weight excluding hydrogens is 855 g/mol. The van der Waals surface area contributed by atoms with Crippen LogP contribution in [0, 0.1) is 0 Å². The lowest BCUT2D eigenvalue weighted by Gasteiger charge is -2.45. The van der Waals surface area contributed by atoms with E-state index in [1.54, 1.807) is 12.1 Å². The molecule has 1 spiro atoms. The SMILES string of the molecule is CCCCCCCCCCCCOc1cc(C(=O)Oc2ccc3c(c2)C=CC2(O3)N(C)c3ccccc3C2(C)C)cc(OCCCCCCCCCCCC)c1OCCCCCCCCCCCC. The Morgan fingerprint density at radius 3 is 1.43 bits per heavy atom. The molecule has 7 nitrogen and oxygen atoms in total. The fourth-order valence-electron chi connectivity index (χ4n) is 10.3. The summed E-state index contributed by atoms with van der Waals surface area (Å²) in [7, 11) is 2.10. The lowest BCUT2D eigenvalue weighted by Crippen LogP contribution is -2.58. The van der Waals surface area contributed by atoms with Crippen molar-refractivity contribution in [2.75, 3.05) is 31.8 Å². The van der Waals surface area contributed by atoms with Gasteiger partial charge in [-0.1, -0.05) is 212 Å². The zero-order valence-corrected chi connectivity index (χ0v) is 44.6. The number of carbonyl (C=O) groups excluding carboxylic acids is 1. The molecule has 0 amide bonds. The van der Waals surface area contributed by atoms with E-state index < -0.39 is 11.7 Å². The Bertz CT molecular complexity index is 1890. The molecule has 7 heteroatoms. The Hall–Kier alpha value is -4.13. The van der Waals surface area contributed by atoms with E-state index in [1.807, 2.05) is 18.2 Å². The van der Waals surface area contributed by atoms with Crippen LogP contribution in [0.1, 0.15) is 249 Å². The minimum atomic E-state index is -0.687. The van der Waals surface area contributed by atoms with Crippen LogP contribution in [0.2, 0.25) is 0 Å². The number of para-hydroxylation sites is 1. The maximum atomic E-state index is 14.2. The number of hydrogen-bond acceptors (Lipinski definition) is 7. The molecule has 3 aromatic rings. The van der Waals surface area contributed by atoms with Gasteiger partial charge in [-0.25, -0.2) is 4.79 Å². The first kappa shape index (κ1) is 55.8. The molecule has 2 aliphatic heterocycles. The molecule has 69 heavy (non-hydrogen) atoms. The normalized spacial score (nSPS) is 15.5. The minimum absolute atomic E-state index is 0.304. The first-order valence-electron chi connectivity index (χ1n) is 28.4. The predicted octanol–water partition coefficient (Wildman–Crippen LogP) is 18.3. The van der Waals surface area contributed by atoms with Crippen molar-refractivity contribution in [2.45, 2.75) is 238 Å². The summed E-state index contributed by atoms with van der Waals surface area (Å²) in [5.41, 5.74) is 2.67. The van der Waals surface area contributed by atoms with E-state index in [4.69, 9.17) is 23.7 Å². The van der Waals surface area contributed by atoms with Gasteiger partial charge >= 0.3 is 5.97 Å². The average Bonchev–Trinajstić information content (AvgIpc) is 3.51. The highest BCUT2D eigenvalue weighted by Crippen LogP contribution is 2.54. The molecule has 0 radical (unpaired) electrons. The van der Waals surface area contributed by atoms with E-state index in [9.17, 15) is 4.79 Å². The maximum absolute atomic E-state index is 14.2. The number of unbranched alkanes of at least 4 members (excludes halogenated alkanes) is 27. The number of likely N-dealkylation sites (N-methyl/N-ethyl adjacent to an activating group) is 1. The molecule has 1 unspecified atom stereocenters. The van der Waals surface area contributed by atoms with Crippen LogP contribution in [0.4, 0.5) is 5.69 Å². The molecule has 0 aromatic heterocycles. The fourth-order valence-corrected chi connectivity index (χ4v) is 10.3. The van der Waals surface area contributed by atoms with Gasteiger partial charge in [0.2, 0.25) is 11.5 Å². The second-order valence-corrected chi connectivity index (χ2v) is 20.8. The van der Waals surface area contributed by atoms with Gasteiger partial charge in [0.1, 0.15) is 11.5 Å². The third-order valence-corrected chi connectivity index (χ3v) is 14.8. The number of benzene rings is 3. The third-order valence-electron chi connectivity index (χ3n) is 14.8. The number of anilines is 1. The van der Waals surface area contributed by atoms with Crippen LogP contribution in [0.3, 0.4) is 0 Å². The highest BCUT2D eigenvalue weighted by molar-refractivity contribution is 5.93. The van der Waals surface area contributed by atoms with E-state index in [-0.39, 0.29) is 5.41 Å². The van der Waals surface area contributed by atoms with E-state index >= 15 is 0 Å². The zero-order valence-electron chi connectivity index (χ0n) is 44.6. The molecule has 1 atom stereocenters. The highest BCUT2D eigenvalue weighted by atomic mass is 16.5. The van der Waals surface area contributed by atoms with Gasteiger partial charge in [0.05, 0.1) is 30.8 Å². The van der Waals surface area contributed by atoms with Gasteiger partial charge < -0.3 is 28.6 Å². The van der Waals surface area contributed by atoms with Gasteiger partial charge in [-0.2, -0.15) is 0 Å².